The van der Waals surface area contributed by atoms with E-state index < -0.39 is 22.7 Å². The molecule has 0 N–H and O–H groups in total. The standard InChI is InChI=1S/C7H3ClF5N/c8-5-3-14-2-1-4(5)6(9,10)7(11,12)13/h1-3H. The monoisotopic (exact) mass is 231 g/mol. The first kappa shape index (κ1) is 11.2. The Bertz CT molecular complexity index is 335. The van der Waals surface area contributed by atoms with Crippen LogP contribution in [0.15, 0.2) is 18.5 Å². The summed E-state index contributed by atoms with van der Waals surface area (Å²) < 4.78 is 61.0. The highest BCUT2D eigenvalue weighted by molar-refractivity contribution is 6.31. The van der Waals surface area contributed by atoms with Gasteiger partial charge in [0.05, 0.1) is 10.6 Å². The van der Waals surface area contributed by atoms with Crippen LogP contribution in [-0.4, -0.2) is 11.2 Å². The zero-order valence-corrected chi connectivity index (χ0v) is 7.20. The third kappa shape index (κ3) is 1.79. The highest BCUT2D eigenvalue weighted by Crippen LogP contribution is 2.45. The van der Waals surface area contributed by atoms with Crippen molar-refractivity contribution in [3.63, 3.8) is 0 Å². The van der Waals surface area contributed by atoms with Crippen LogP contribution in [0.4, 0.5) is 22.0 Å². The fourth-order valence-electron chi connectivity index (χ4n) is 0.783. The first-order valence-corrected chi connectivity index (χ1v) is 3.69. The minimum atomic E-state index is -5.65. The summed E-state index contributed by atoms with van der Waals surface area (Å²) in [5.74, 6) is -4.95. The second-order valence-electron chi connectivity index (χ2n) is 2.43. The predicted octanol–water partition coefficient (Wildman–Crippen LogP) is 3.39. The van der Waals surface area contributed by atoms with Gasteiger partial charge in [0.2, 0.25) is 0 Å². The molecule has 7 heteroatoms. The minimum absolute atomic E-state index is 0.538. The van der Waals surface area contributed by atoms with Crippen molar-refractivity contribution in [2.75, 3.05) is 0 Å². The van der Waals surface area contributed by atoms with E-state index in [0.717, 1.165) is 12.4 Å². The van der Waals surface area contributed by atoms with E-state index in [2.05, 4.69) is 4.98 Å². The average Bonchev–Trinajstić information content (AvgIpc) is 2.02. The molecule has 1 aromatic rings. The molecule has 0 unspecified atom stereocenters. The Kier molecular flexibility index (Phi) is 2.67. The van der Waals surface area contributed by atoms with Crippen LogP contribution in [0.2, 0.25) is 5.02 Å². The Morgan fingerprint density at radius 3 is 2.14 bits per heavy atom. The molecule has 1 heterocycles. The van der Waals surface area contributed by atoms with Gasteiger partial charge in [-0.05, 0) is 6.07 Å². The van der Waals surface area contributed by atoms with Gasteiger partial charge < -0.3 is 0 Å². The number of pyridine rings is 1. The second-order valence-corrected chi connectivity index (χ2v) is 2.83. The molecular weight excluding hydrogens is 229 g/mol. The van der Waals surface area contributed by atoms with Crippen molar-refractivity contribution >= 4 is 11.6 Å². The van der Waals surface area contributed by atoms with E-state index in [-0.39, 0.29) is 0 Å². The molecule has 78 valence electrons. The normalized spacial score (nSPS) is 13.0. The lowest BCUT2D eigenvalue weighted by Gasteiger charge is -2.20. The topological polar surface area (TPSA) is 12.9 Å². The third-order valence-corrected chi connectivity index (χ3v) is 1.77. The van der Waals surface area contributed by atoms with Crippen molar-refractivity contribution in [1.82, 2.24) is 4.98 Å². The molecule has 0 saturated carbocycles. The Morgan fingerprint density at radius 2 is 1.71 bits per heavy atom. The van der Waals surface area contributed by atoms with E-state index in [9.17, 15) is 22.0 Å². The summed E-state index contributed by atoms with van der Waals surface area (Å²) in [5.41, 5.74) is -1.29. The third-order valence-electron chi connectivity index (χ3n) is 1.47. The summed E-state index contributed by atoms with van der Waals surface area (Å²) in [6.07, 6.45) is -4.10. The lowest BCUT2D eigenvalue weighted by molar-refractivity contribution is -0.289. The molecule has 0 radical (unpaired) electrons. The number of alkyl halides is 5. The van der Waals surface area contributed by atoms with Crippen molar-refractivity contribution in [1.29, 1.82) is 0 Å². The zero-order chi connectivity index (χ0) is 11.0. The van der Waals surface area contributed by atoms with Gasteiger partial charge in [-0.15, -0.1) is 0 Å². The van der Waals surface area contributed by atoms with Gasteiger partial charge in [0.15, 0.2) is 0 Å². The van der Waals surface area contributed by atoms with Crippen LogP contribution in [0.25, 0.3) is 0 Å². The summed E-state index contributed by atoms with van der Waals surface area (Å²) in [4.78, 5) is 3.31. The molecule has 0 fully saturated rings. The van der Waals surface area contributed by atoms with Gasteiger partial charge in [-0.3, -0.25) is 4.98 Å². The number of halogens is 6. The summed E-state index contributed by atoms with van der Waals surface area (Å²) in [6, 6.07) is 0.538. The lowest BCUT2D eigenvalue weighted by Crippen LogP contribution is -2.33. The molecule has 0 aliphatic rings. The second kappa shape index (κ2) is 3.34. The molecule has 0 aromatic carbocycles. The fourth-order valence-corrected chi connectivity index (χ4v) is 1.02. The van der Waals surface area contributed by atoms with Crippen molar-refractivity contribution in [2.24, 2.45) is 0 Å². The molecule has 0 aliphatic carbocycles. The van der Waals surface area contributed by atoms with Crippen molar-refractivity contribution in [3.8, 4) is 0 Å². The quantitative estimate of drug-likeness (QED) is 0.675. The van der Waals surface area contributed by atoms with E-state index in [0.29, 0.717) is 6.07 Å². The molecule has 0 spiro atoms. The molecule has 0 atom stereocenters. The summed E-state index contributed by atoms with van der Waals surface area (Å²) in [7, 11) is 0. The Labute approximate surface area is 80.5 Å². The smallest absolute Gasteiger partial charge is 0.263 e. The minimum Gasteiger partial charge on any atom is -0.263 e. The Hall–Kier alpha value is -0.910. The average molecular weight is 232 g/mol. The maximum atomic E-state index is 12.7. The Balaban J connectivity index is 3.23. The van der Waals surface area contributed by atoms with Gasteiger partial charge in [0.1, 0.15) is 0 Å². The van der Waals surface area contributed by atoms with E-state index in [1.807, 2.05) is 0 Å². The highest BCUT2D eigenvalue weighted by Gasteiger charge is 2.59. The molecule has 1 aromatic heterocycles. The highest BCUT2D eigenvalue weighted by atomic mass is 35.5. The van der Waals surface area contributed by atoms with E-state index in [1.54, 1.807) is 0 Å². The van der Waals surface area contributed by atoms with Crippen LogP contribution >= 0.6 is 11.6 Å². The van der Waals surface area contributed by atoms with Gasteiger partial charge in [0.25, 0.3) is 0 Å². The van der Waals surface area contributed by atoms with Crippen molar-refractivity contribution < 1.29 is 22.0 Å². The van der Waals surface area contributed by atoms with Crippen LogP contribution in [0.3, 0.4) is 0 Å². The molecule has 0 amide bonds. The van der Waals surface area contributed by atoms with Gasteiger partial charge in [-0.25, -0.2) is 0 Å². The first-order chi connectivity index (χ1) is 6.27. The zero-order valence-electron chi connectivity index (χ0n) is 6.45. The predicted molar refractivity (Wildman–Crippen MR) is 39.2 cm³/mol. The number of nitrogens with zero attached hydrogens (tertiary/aromatic N) is 1. The van der Waals surface area contributed by atoms with E-state index >= 15 is 0 Å². The first-order valence-electron chi connectivity index (χ1n) is 3.31. The van der Waals surface area contributed by atoms with Crippen LogP contribution in [-0.2, 0) is 5.92 Å². The number of aromatic nitrogens is 1. The van der Waals surface area contributed by atoms with Gasteiger partial charge in [-0.2, -0.15) is 22.0 Å². The maximum absolute atomic E-state index is 12.7. The van der Waals surface area contributed by atoms with E-state index in [4.69, 9.17) is 11.6 Å². The SMILES string of the molecule is FC(F)(F)C(F)(F)c1ccncc1Cl. The van der Waals surface area contributed by atoms with E-state index in [1.165, 1.54) is 0 Å². The summed E-state index contributed by atoms with van der Waals surface area (Å²) >= 11 is 5.17. The van der Waals surface area contributed by atoms with Crippen LogP contribution in [0.1, 0.15) is 5.56 Å². The molecule has 1 nitrogen and oxygen atoms in total. The fraction of sp³-hybridized carbons (Fsp3) is 0.286. The summed E-state index contributed by atoms with van der Waals surface area (Å²) in [6.45, 7) is 0. The van der Waals surface area contributed by atoms with Crippen molar-refractivity contribution in [3.05, 3.63) is 29.0 Å². The maximum Gasteiger partial charge on any atom is 0.458 e. The molecule has 0 bridgehead atoms. The number of hydrogen-bond acceptors (Lipinski definition) is 1. The number of rotatable bonds is 1. The molecule has 0 aliphatic heterocycles. The Morgan fingerprint density at radius 1 is 1.14 bits per heavy atom. The van der Waals surface area contributed by atoms with Crippen LogP contribution in [0, 0.1) is 0 Å². The lowest BCUT2D eigenvalue weighted by atomic mass is 10.1. The van der Waals surface area contributed by atoms with Crippen LogP contribution in [0.5, 0.6) is 0 Å². The van der Waals surface area contributed by atoms with Gasteiger partial charge >= 0.3 is 12.1 Å². The molecule has 0 saturated heterocycles. The molecule has 1 rings (SSSR count). The number of hydrogen-bond donors (Lipinski definition) is 0. The van der Waals surface area contributed by atoms with Crippen LogP contribution < -0.4 is 0 Å². The molecular formula is C7H3ClF5N. The van der Waals surface area contributed by atoms with Gasteiger partial charge in [0, 0.05) is 12.4 Å². The largest absolute Gasteiger partial charge is 0.458 e. The summed E-state index contributed by atoms with van der Waals surface area (Å²) in [5, 5.41) is -0.713. The van der Waals surface area contributed by atoms with Gasteiger partial charge in [-0.1, -0.05) is 11.6 Å². The molecule has 14 heavy (non-hydrogen) atoms. The van der Waals surface area contributed by atoms with Crippen molar-refractivity contribution in [2.45, 2.75) is 12.1 Å².